The molecule has 4 N–H and O–H groups in total. The van der Waals surface area contributed by atoms with Crippen molar-refractivity contribution in [2.45, 2.75) is 19.4 Å². The zero-order chi connectivity index (χ0) is 14.3. The summed E-state index contributed by atoms with van der Waals surface area (Å²) in [5, 5.41) is 11.4. The average Bonchev–Trinajstić information content (AvgIpc) is 2.34. The molecule has 0 aliphatic carbocycles. The molecule has 1 unspecified atom stereocenters. The third kappa shape index (κ3) is 6.26. The van der Waals surface area contributed by atoms with E-state index in [-0.39, 0.29) is 5.91 Å². The Labute approximate surface area is 116 Å². The quantitative estimate of drug-likeness (QED) is 0.659. The van der Waals surface area contributed by atoms with Gasteiger partial charge in [0.15, 0.2) is 0 Å². The number of anilines is 1. The van der Waals surface area contributed by atoms with Crippen LogP contribution in [0.15, 0.2) is 24.3 Å². The van der Waals surface area contributed by atoms with Crippen LogP contribution in [-0.4, -0.2) is 34.5 Å². The average molecular weight is 282 g/mol. The van der Waals surface area contributed by atoms with Crippen LogP contribution in [0, 0.1) is 6.92 Å². The van der Waals surface area contributed by atoms with Crippen molar-refractivity contribution in [1.82, 2.24) is 0 Å². The molecule has 1 amide bonds. The van der Waals surface area contributed by atoms with Gasteiger partial charge in [0, 0.05) is 5.69 Å². The second-order valence-corrected chi connectivity index (χ2v) is 5.31. The molecule has 104 valence electrons. The Kier molecular flexibility index (Phi) is 6.38. The molecule has 1 atom stereocenters. The monoisotopic (exact) mass is 282 g/mol. The highest BCUT2D eigenvalue weighted by molar-refractivity contribution is 7.99. The zero-order valence-electron chi connectivity index (χ0n) is 10.8. The summed E-state index contributed by atoms with van der Waals surface area (Å²) in [5.74, 6) is -0.265. The molecule has 0 radical (unpaired) electrons. The topological polar surface area (TPSA) is 92.4 Å². The minimum atomic E-state index is -1.01. The number of carboxylic acids is 1. The fourth-order valence-corrected chi connectivity index (χ4v) is 2.24. The van der Waals surface area contributed by atoms with Crippen LogP contribution in [0.2, 0.25) is 0 Å². The van der Waals surface area contributed by atoms with E-state index >= 15 is 0 Å². The predicted molar refractivity (Wildman–Crippen MR) is 77.4 cm³/mol. The molecule has 0 aliphatic rings. The lowest BCUT2D eigenvalue weighted by molar-refractivity contribution is -0.138. The van der Waals surface area contributed by atoms with Crippen LogP contribution in [0.5, 0.6) is 0 Å². The van der Waals surface area contributed by atoms with Gasteiger partial charge in [0.05, 0.1) is 5.75 Å². The molecular weight excluding hydrogens is 264 g/mol. The number of hydrogen-bond donors (Lipinski definition) is 3. The summed E-state index contributed by atoms with van der Waals surface area (Å²) < 4.78 is 0. The number of hydrogen-bond acceptors (Lipinski definition) is 4. The summed E-state index contributed by atoms with van der Waals surface area (Å²) >= 11 is 1.38. The summed E-state index contributed by atoms with van der Waals surface area (Å²) in [6.45, 7) is 1.96. The normalized spacial score (nSPS) is 11.9. The molecule has 6 heteroatoms. The highest BCUT2D eigenvalue weighted by Gasteiger charge is 2.11. The molecule has 0 fully saturated rings. The van der Waals surface area contributed by atoms with Crippen molar-refractivity contribution in [3.05, 3.63) is 29.8 Å². The van der Waals surface area contributed by atoms with Gasteiger partial charge in [-0.05, 0) is 36.8 Å². The Balaban J connectivity index is 2.23. The highest BCUT2D eigenvalue weighted by Crippen LogP contribution is 2.11. The second-order valence-electron chi connectivity index (χ2n) is 4.20. The number of carbonyl (C=O) groups is 2. The van der Waals surface area contributed by atoms with E-state index < -0.39 is 12.0 Å². The van der Waals surface area contributed by atoms with Crippen LogP contribution < -0.4 is 11.1 Å². The highest BCUT2D eigenvalue weighted by atomic mass is 32.2. The van der Waals surface area contributed by atoms with Crippen molar-refractivity contribution in [3.8, 4) is 0 Å². The number of amides is 1. The van der Waals surface area contributed by atoms with Crippen molar-refractivity contribution >= 4 is 29.3 Å². The van der Waals surface area contributed by atoms with Gasteiger partial charge in [-0.15, -0.1) is 0 Å². The van der Waals surface area contributed by atoms with E-state index in [4.69, 9.17) is 10.8 Å². The Morgan fingerprint density at radius 1 is 1.47 bits per heavy atom. The van der Waals surface area contributed by atoms with Crippen molar-refractivity contribution in [1.29, 1.82) is 0 Å². The predicted octanol–water partition coefficient (Wildman–Crippen LogP) is 1.47. The lowest BCUT2D eigenvalue weighted by Gasteiger charge is -2.07. The van der Waals surface area contributed by atoms with Crippen LogP contribution in [0.4, 0.5) is 5.69 Å². The maximum absolute atomic E-state index is 11.6. The first-order valence-corrected chi connectivity index (χ1v) is 7.07. The lowest BCUT2D eigenvalue weighted by Crippen LogP contribution is -2.30. The van der Waals surface area contributed by atoms with E-state index in [0.29, 0.717) is 17.9 Å². The minimum absolute atomic E-state index is 0.0977. The van der Waals surface area contributed by atoms with E-state index in [2.05, 4.69) is 5.32 Å². The van der Waals surface area contributed by atoms with Gasteiger partial charge in [0.25, 0.3) is 0 Å². The van der Waals surface area contributed by atoms with Gasteiger partial charge in [0.1, 0.15) is 6.04 Å². The van der Waals surface area contributed by atoms with E-state index in [9.17, 15) is 9.59 Å². The minimum Gasteiger partial charge on any atom is -0.480 e. The molecule has 1 rings (SSSR count). The molecule has 1 aromatic rings. The number of rotatable bonds is 7. The number of benzene rings is 1. The van der Waals surface area contributed by atoms with E-state index in [0.717, 1.165) is 11.3 Å². The molecule has 0 aliphatic heterocycles. The number of aryl methyl sites for hydroxylation is 1. The number of nitrogens with one attached hydrogen (secondary N) is 1. The summed E-state index contributed by atoms with van der Waals surface area (Å²) in [6, 6.07) is 6.70. The third-order valence-electron chi connectivity index (χ3n) is 2.43. The largest absolute Gasteiger partial charge is 0.480 e. The van der Waals surface area contributed by atoms with Gasteiger partial charge in [-0.25, -0.2) is 0 Å². The first-order chi connectivity index (χ1) is 8.99. The standard InChI is InChI=1S/C13H18N2O3S/c1-9-3-2-4-10(7-9)15-12(16)8-19-6-5-11(14)13(17)18/h2-4,7,11H,5-6,8,14H2,1H3,(H,15,16)(H,17,18). The molecule has 0 spiro atoms. The molecule has 0 saturated heterocycles. The maximum Gasteiger partial charge on any atom is 0.320 e. The van der Waals surface area contributed by atoms with Crippen LogP contribution in [-0.2, 0) is 9.59 Å². The van der Waals surface area contributed by atoms with E-state index in [1.807, 2.05) is 31.2 Å². The summed E-state index contributed by atoms with van der Waals surface area (Å²) in [7, 11) is 0. The molecule has 5 nitrogen and oxygen atoms in total. The van der Waals surface area contributed by atoms with Gasteiger partial charge in [-0.1, -0.05) is 12.1 Å². The van der Waals surface area contributed by atoms with Crippen LogP contribution in [0.3, 0.4) is 0 Å². The second kappa shape index (κ2) is 7.81. The molecule has 0 heterocycles. The Hall–Kier alpha value is -1.53. The summed E-state index contributed by atoms with van der Waals surface area (Å²) in [4.78, 5) is 22.1. The van der Waals surface area contributed by atoms with Gasteiger partial charge >= 0.3 is 5.97 Å². The van der Waals surface area contributed by atoms with E-state index in [1.54, 1.807) is 0 Å². The number of carbonyl (C=O) groups excluding carboxylic acids is 1. The Bertz CT molecular complexity index is 451. The molecular formula is C13H18N2O3S. The lowest BCUT2D eigenvalue weighted by atomic mass is 10.2. The number of thioether (sulfide) groups is 1. The Morgan fingerprint density at radius 3 is 2.84 bits per heavy atom. The number of carboxylic acid groups (broad SMARTS) is 1. The van der Waals surface area contributed by atoms with Crippen LogP contribution in [0.25, 0.3) is 0 Å². The van der Waals surface area contributed by atoms with Crippen molar-refractivity contribution in [2.24, 2.45) is 5.73 Å². The van der Waals surface area contributed by atoms with Gasteiger partial charge < -0.3 is 16.2 Å². The van der Waals surface area contributed by atoms with Crippen LogP contribution in [0.1, 0.15) is 12.0 Å². The SMILES string of the molecule is Cc1cccc(NC(=O)CSCCC(N)C(=O)O)c1. The fourth-order valence-electron chi connectivity index (χ4n) is 1.42. The van der Waals surface area contributed by atoms with E-state index in [1.165, 1.54) is 11.8 Å². The summed E-state index contributed by atoms with van der Waals surface area (Å²) in [6.07, 6.45) is 0.359. The van der Waals surface area contributed by atoms with Crippen LogP contribution >= 0.6 is 11.8 Å². The molecule has 1 aromatic carbocycles. The van der Waals surface area contributed by atoms with Crippen molar-refractivity contribution in [2.75, 3.05) is 16.8 Å². The first kappa shape index (κ1) is 15.5. The first-order valence-electron chi connectivity index (χ1n) is 5.91. The van der Waals surface area contributed by atoms with Crippen molar-refractivity contribution < 1.29 is 14.7 Å². The zero-order valence-corrected chi connectivity index (χ0v) is 11.6. The molecule has 0 bridgehead atoms. The summed E-state index contributed by atoms with van der Waals surface area (Å²) in [5.41, 5.74) is 7.21. The molecule has 0 aromatic heterocycles. The number of aliphatic carboxylic acids is 1. The number of nitrogens with two attached hydrogens (primary N) is 1. The maximum atomic E-state index is 11.6. The van der Waals surface area contributed by atoms with Gasteiger partial charge in [-0.3, -0.25) is 9.59 Å². The third-order valence-corrected chi connectivity index (χ3v) is 3.42. The fraction of sp³-hybridized carbons (Fsp3) is 0.385. The Morgan fingerprint density at radius 2 is 2.21 bits per heavy atom. The van der Waals surface area contributed by atoms with Crippen molar-refractivity contribution in [3.63, 3.8) is 0 Å². The molecule has 19 heavy (non-hydrogen) atoms. The smallest absolute Gasteiger partial charge is 0.320 e. The van der Waals surface area contributed by atoms with Gasteiger partial charge in [0.2, 0.25) is 5.91 Å². The molecule has 0 saturated carbocycles. The van der Waals surface area contributed by atoms with Gasteiger partial charge in [-0.2, -0.15) is 11.8 Å².